The second-order valence-corrected chi connectivity index (χ2v) is 9.30. The summed E-state index contributed by atoms with van der Waals surface area (Å²) in [5.41, 5.74) is 2.62. The highest BCUT2D eigenvalue weighted by Gasteiger charge is 2.34. The molecule has 1 aliphatic carbocycles. The zero-order valence-corrected chi connectivity index (χ0v) is 18.0. The van der Waals surface area contributed by atoms with Crippen molar-refractivity contribution in [2.24, 2.45) is 0 Å². The molecule has 1 aromatic heterocycles. The first kappa shape index (κ1) is 20.6. The van der Waals surface area contributed by atoms with Crippen LogP contribution in [0.5, 0.6) is 0 Å². The predicted molar refractivity (Wildman–Crippen MR) is 117 cm³/mol. The van der Waals surface area contributed by atoms with E-state index in [2.05, 4.69) is 32.7 Å². The van der Waals surface area contributed by atoms with Crippen molar-refractivity contribution in [3.8, 4) is 0 Å². The lowest BCUT2D eigenvalue weighted by atomic mass is 9.95. The third kappa shape index (κ3) is 3.99. The van der Waals surface area contributed by atoms with E-state index in [0.717, 1.165) is 16.1 Å². The van der Waals surface area contributed by atoms with Crippen molar-refractivity contribution < 1.29 is 14.4 Å². The molecular formula is C21H27N5O3S. The van der Waals surface area contributed by atoms with Gasteiger partial charge in [0, 0.05) is 49.0 Å². The third-order valence-corrected chi connectivity index (χ3v) is 7.04. The molecule has 9 heteroatoms. The van der Waals surface area contributed by atoms with E-state index < -0.39 is 0 Å². The van der Waals surface area contributed by atoms with Gasteiger partial charge in [0.1, 0.15) is 4.88 Å². The van der Waals surface area contributed by atoms with Crippen LogP contribution in [0, 0.1) is 0 Å². The SMILES string of the molecule is C=CC(=O)NC1CN(C)CC1NC(=O)C1=CCc2sc3c(c2C1)NCC(C)NC3=O. The van der Waals surface area contributed by atoms with Crippen LogP contribution in [0.3, 0.4) is 0 Å². The highest BCUT2D eigenvalue weighted by atomic mass is 32.1. The van der Waals surface area contributed by atoms with E-state index in [1.807, 2.05) is 20.0 Å². The molecule has 3 unspecified atom stereocenters. The molecule has 1 fully saturated rings. The van der Waals surface area contributed by atoms with Crippen LogP contribution in [0.15, 0.2) is 24.3 Å². The van der Waals surface area contributed by atoms with Gasteiger partial charge in [0.15, 0.2) is 0 Å². The first-order chi connectivity index (χ1) is 14.4. The summed E-state index contributed by atoms with van der Waals surface area (Å²) in [6, 6.07) is -0.275. The Morgan fingerprint density at radius 1 is 1.30 bits per heavy atom. The Hall–Kier alpha value is -2.65. The fraction of sp³-hybridized carbons (Fsp3) is 0.476. The lowest BCUT2D eigenvalue weighted by Gasteiger charge is -2.22. The summed E-state index contributed by atoms with van der Waals surface area (Å²) in [6.07, 6.45) is 4.33. The molecule has 0 spiro atoms. The highest BCUT2D eigenvalue weighted by molar-refractivity contribution is 7.15. The maximum absolute atomic E-state index is 13.0. The number of rotatable bonds is 4. The zero-order valence-electron chi connectivity index (χ0n) is 17.2. The quantitative estimate of drug-likeness (QED) is 0.520. The Bertz CT molecular complexity index is 937. The second kappa shape index (κ2) is 8.23. The highest BCUT2D eigenvalue weighted by Crippen LogP contribution is 2.39. The molecule has 4 N–H and O–H groups in total. The molecule has 4 rings (SSSR count). The number of fused-ring (bicyclic) bond motifs is 3. The van der Waals surface area contributed by atoms with E-state index in [4.69, 9.17) is 0 Å². The van der Waals surface area contributed by atoms with Gasteiger partial charge < -0.3 is 26.2 Å². The van der Waals surface area contributed by atoms with E-state index in [-0.39, 0.29) is 35.8 Å². The van der Waals surface area contributed by atoms with Crippen LogP contribution in [0.2, 0.25) is 0 Å². The zero-order chi connectivity index (χ0) is 21.4. The molecule has 8 nitrogen and oxygen atoms in total. The van der Waals surface area contributed by atoms with Gasteiger partial charge in [0.2, 0.25) is 11.8 Å². The summed E-state index contributed by atoms with van der Waals surface area (Å²) in [6.45, 7) is 7.45. The number of likely N-dealkylation sites (tertiary alicyclic amines) is 1. The van der Waals surface area contributed by atoms with Crippen LogP contribution >= 0.6 is 11.3 Å². The molecule has 2 aliphatic heterocycles. The molecule has 0 saturated carbocycles. The van der Waals surface area contributed by atoms with Crippen LogP contribution in [-0.2, 0) is 22.4 Å². The molecule has 160 valence electrons. The number of nitrogens with one attached hydrogen (secondary N) is 4. The average molecular weight is 430 g/mol. The van der Waals surface area contributed by atoms with Crippen molar-refractivity contribution in [1.29, 1.82) is 0 Å². The van der Waals surface area contributed by atoms with Crippen molar-refractivity contribution in [2.45, 2.75) is 37.9 Å². The Morgan fingerprint density at radius 3 is 2.77 bits per heavy atom. The Labute approximate surface area is 179 Å². The fourth-order valence-electron chi connectivity index (χ4n) is 4.25. The van der Waals surface area contributed by atoms with Crippen LogP contribution < -0.4 is 21.3 Å². The minimum Gasteiger partial charge on any atom is -0.381 e. The van der Waals surface area contributed by atoms with E-state index >= 15 is 0 Å². The van der Waals surface area contributed by atoms with Crippen LogP contribution in [0.1, 0.15) is 27.0 Å². The largest absolute Gasteiger partial charge is 0.381 e. The minimum atomic E-state index is -0.240. The average Bonchev–Trinajstić information content (AvgIpc) is 3.20. The van der Waals surface area contributed by atoms with Gasteiger partial charge in [0.05, 0.1) is 17.8 Å². The van der Waals surface area contributed by atoms with Gasteiger partial charge in [0.25, 0.3) is 5.91 Å². The molecular weight excluding hydrogens is 402 g/mol. The number of amides is 3. The molecule has 1 aromatic rings. The number of thiophene rings is 1. The van der Waals surface area contributed by atoms with E-state index in [1.165, 1.54) is 17.4 Å². The topological polar surface area (TPSA) is 103 Å². The molecule has 3 amide bonds. The second-order valence-electron chi connectivity index (χ2n) is 8.19. The van der Waals surface area contributed by atoms with Crippen molar-refractivity contribution in [1.82, 2.24) is 20.9 Å². The maximum Gasteiger partial charge on any atom is 0.263 e. The summed E-state index contributed by atoms with van der Waals surface area (Å²) in [5, 5.41) is 12.4. The van der Waals surface area contributed by atoms with Crippen LogP contribution in [0.4, 0.5) is 5.69 Å². The number of carbonyl (C=O) groups excluding carboxylic acids is 3. The van der Waals surface area contributed by atoms with Gasteiger partial charge >= 0.3 is 0 Å². The van der Waals surface area contributed by atoms with Crippen LogP contribution in [-0.4, -0.2) is 67.4 Å². The molecule has 0 aromatic carbocycles. The number of hydrogen-bond donors (Lipinski definition) is 4. The summed E-state index contributed by atoms with van der Waals surface area (Å²) < 4.78 is 0. The summed E-state index contributed by atoms with van der Waals surface area (Å²) in [5.74, 6) is -0.413. The van der Waals surface area contributed by atoms with Crippen LogP contribution in [0.25, 0.3) is 0 Å². The minimum absolute atomic E-state index is 0.0525. The third-order valence-electron chi connectivity index (χ3n) is 5.78. The lowest BCUT2D eigenvalue weighted by molar-refractivity contribution is -0.120. The number of carbonyl (C=O) groups is 3. The molecule has 1 saturated heterocycles. The first-order valence-corrected chi connectivity index (χ1v) is 11.0. The van der Waals surface area contributed by atoms with Gasteiger partial charge in [-0.15, -0.1) is 11.3 Å². The fourth-order valence-corrected chi connectivity index (χ4v) is 5.41. The molecule has 0 radical (unpaired) electrons. The van der Waals surface area contributed by atoms with E-state index in [9.17, 15) is 14.4 Å². The number of likely N-dealkylation sites (N-methyl/N-ethyl adjacent to an activating group) is 1. The summed E-state index contributed by atoms with van der Waals surface area (Å²) in [7, 11) is 1.96. The number of allylic oxidation sites excluding steroid dienone is 1. The maximum atomic E-state index is 13.0. The number of hydrogen-bond acceptors (Lipinski definition) is 6. The summed E-state index contributed by atoms with van der Waals surface area (Å²) >= 11 is 1.50. The Kier molecular flexibility index (Phi) is 5.66. The number of nitrogens with zero attached hydrogens (tertiary/aromatic N) is 1. The van der Waals surface area contributed by atoms with Gasteiger partial charge in [-0.2, -0.15) is 0 Å². The van der Waals surface area contributed by atoms with Crippen molar-refractivity contribution >= 4 is 34.7 Å². The van der Waals surface area contributed by atoms with Gasteiger partial charge in [-0.3, -0.25) is 14.4 Å². The van der Waals surface area contributed by atoms with E-state index in [0.29, 0.717) is 42.9 Å². The molecule has 3 aliphatic rings. The normalized spacial score (nSPS) is 25.7. The van der Waals surface area contributed by atoms with Crippen molar-refractivity contribution in [3.63, 3.8) is 0 Å². The van der Waals surface area contributed by atoms with Gasteiger partial charge in [-0.1, -0.05) is 12.7 Å². The van der Waals surface area contributed by atoms with Crippen molar-refractivity contribution in [2.75, 3.05) is 32.0 Å². The van der Waals surface area contributed by atoms with E-state index in [1.54, 1.807) is 0 Å². The monoisotopic (exact) mass is 429 g/mol. The molecule has 30 heavy (non-hydrogen) atoms. The molecule has 3 heterocycles. The smallest absolute Gasteiger partial charge is 0.263 e. The van der Waals surface area contributed by atoms with Gasteiger partial charge in [-0.25, -0.2) is 0 Å². The summed E-state index contributed by atoms with van der Waals surface area (Å²) in [4.78, 5) is 41.1. The standard InChI is InChI=1S/C21H27N5O3S/c1-4-17(27)24-14-9-26(3)10-15(14)25-20(28)12-5-6-16-13(7-12)18-19(30-16)21(29)23-11(2)8-22-18/h4-5,11,14-15,22H,1,6-10H2,2-3H3,(H,23,29)(H,24,27)(H,25,28). The van der Waals surface area contributed by atoms with Crippen molar-refractivity contribution in [3.05, 3.63) is 39.6 Å². The number of anilines is 1. The molecule has 3 atom stereocenters. The Morgan fingerprint density at radius 2 is 2.03 bits per heavy atom. The van der Waals surface area contributed by atoms with Gasteiger partial charge in [-0.05, 0) is 25.6 Å². The first-order valence-electron chi connectivity index (χ1n) is 10.2. The lowest BCUT2D eigenvalue weighted by Crippen LogP contribution is -2.51. The molecule has 0 bridgehead atoms. The predicted octanol–water partition coefficient (Wildman–Crippen LogP) is 0.418. The Balaban J connectivity index is 1.47.